The van der Waals surface area contributed by atoms with Crippen LogP contribution in [0.4, 0.5) is 5.82 Å². The highest BCUT2D eigenvalue weighted by atomic mass is 16.3. The van der Waals surface area contributed by atoms with Gasteiger partial charge in [0.1, 0.15) is 12.1 Å². The summed E-state index contributed by atoms with van der Waals surface area (Å²) in [7, 11) is 0. The molecule has 0 saturated carbocycles. The predicted molar refractivity (Wildman–Crippen MR) is 53.0 cm³/mol. The van der Waals surface area contributed by atoms with E-state index in [0.717, 1.165) is 0 Å². The van der Waals surface area contributed by atoms with Crippen molar-refractivity contribution in [1.82, 2.24) is 14.9 Å². The summed E-state index contributed by atoms with van der Waals surface area (Å²) in [6.45, 7) is 0.904. The van der Waals surface area contributed by atoms with Crippen LogP contribution in [0.1, 0.15) is 16.8 Å². The minimum Gasteiger partial charge on any atom is -0.391 e. The van der Waals surface area contributed by atoms with E-state index in [0.29, 0.717) is 25.1 Å². The third-order valence-electron chi connectivity index (χ3n) is 2.42. The summed E-state index contributed by atoms with van der Waals surface area (Å²) in [5.74, 6) is -0.0407. The molecule has 0 aliphatic carbocycles. The highest BCUT2D eigenvalue weighted by Crippen LogP contribution is 2.15. The standard InChI is InChI=1S/C9H12N4O2/c10-8-7(3-11-5-12-8)9(15)13-2-1-6(14)4-13/h3,5-6,14H,1-2,4H2,(H2,10,11,12)/t6-/m1/s1. The molecule has 0 spiro atoms. The topological polar surface area (TPSA) is 92.3 Å². The largest absolute Gasteiger partial charge is 0.391 e. The Bertz CT molecular complexity index is 382. The van der Waals surface area contributed by atoms with Crippen molar-refractivity contribution in [1.29, 1.82) is 0 Å². The van der Waals surface area contributed by atoms with E-state index in [9.17, 15) is 9.90 Å². The lowest BCUT2D eigenvalue weighted by molar-refractivity contribution is 0.0765. The molecule has 0 aromatic carbocycles. The van der Waals surface area contributed by atoms with Gasteiger partial charge in [-0.25, -0.2) is 9.97 Å². The van der Waals surface area contributed by atoms with Gasteiger partial charge < -0.3 is 15.7 Å². The number of aromatic nitrogens is 2. The van der Waals surface area contributed by atoms with E-state index < -0.39 is 6.10 Å². The Labute approximate surface area is 86.7 Å². The molecule has 15 heavy (non-hydrogen) atoms. The van der Waals surface area contributed by atoms with Crippen molar-refractivity contribution >= 4 is 11.7 Å². The molecule has 1 aromatic rings. The fourth-order valence-corrected chi connectivity index (χ4v) is 1.60. The second-order valence-corrected chi connectivity index (χ2v) is 3.52. The number of aliphatic hydroxyl groups is 1. The minimum atomic E-state index is -0.431. The summed E-state index contributed by atoms with van der Waals surface area (Å²) in [5.41, 5.74) is 5.86. The smallest absolute Gasteiger partial charge is 0.259 e. The molecule has 1 saturated heterocycles. The molecule has 0 bridgehead atoms. The molecule has 1 aromatic heterocycles. The van der Waals surface area contributed by atoms with E-state index in [1.165, 1.54) is 12.5 Å². The predicted octanol–water partition coefficient (Wildman–Crippen LogP) is -0.734. The highest BCUT2D eigenvalue weighted by Gasteiger charge is 2.26. The van der Waals surface area contributed by atoms with Crippen LogP contribution in [-0.2, 0) is 0 Å². The van der Waals surface area contributed by atoms with Crippen LogP contribution in [0.2, 0.25) is 0 Å². The zero-order valence-electron chi connectivity index (χ0n) is 8.13. The lowest BCUT2D eigenvalue weighted by atomic mass is 10.3. The van der Waals surface area contributed by atoms with Gasteiger partial charge >= 0.3 is 0 Å². The normalized spacial score (nSPS) is 20.6. The molecule has 1 amide bonds. The molecule has 80 valence electrons. The van der Waals surface area contributed by atoms with Crippen molar-refractivity contribution in [3.8, 4) is 0 Å². The average Bonchev–Trinajstić information content (AvgIpc) is 2.65. The number of likely N-dealkylation sites (tertiary alicyclic amines) is 1. The van der Waals surface area contributed by atoms with Crippen LogP contribution in [-0.4, -0.2) is 45.1 Å². The summed E-state index contributed by atoms with van der Waals surface area (Å²) < 4.78 is 0. The van der Waals surface area contributed by atoms with Crippen LogP contribution in [0.15, 0.2) is 12.5 Å². The van der Waals surface area contributed by atoms with Gasteiger partial charge in [-0.05, 0) is 6.42 Å². The van der Waals surface area contributed by atoms with E-state index >= 15 is 0 Å². The van der Waals surface area contributed by atoms with Gasteiger partial charge in [-0.1, -0.05) is 0 Å². The summed E-state index contributed by atoms with van der Waals surface area (Å²) in [6, 6.07) is 0. The summed E-state index contributed by atoms with van der Waals surface area (Å²) >= 11 is 0. The molecule has 0 unspecified atom stereocenters. The summed E-state index contributed by atoms with van der Waals surface area (Å²) in [6.07, 6.45) is 2.87. The van der Waals surface area contributed by atoms with Crippen molar-refractivity contribution in [3.05, 3.63) is 18.1 Å². The number of hydrogen-bond acceptors (Lipinski definition) is 5. The maximum Gasteiger partial charge on any atom is 0.259 e. The van der Waals surface area contributed by atoms with Gasteiger partial charge in [0, 0.05) is 19.3 Å². The van der Waals surface area contributed by atoms with E-state index in [1.54, 1.807) is 4.90 Å². The van der Waals surface area contributed by atoms with Crippen LogP contribution < -0.4 is 5.73 Å². The van der Waals surface area contributed by atoms with E-state index in [2.05, 4.69) is 9.97 Å². The molecule has 1 aliphatic heterocycles. The first-order valence-corrected chi connectivity index (χ1v) is 4.71. The Morgan fingerprint density at radius 1 is 1.67 bits per heavy atom. The number of anilines is 1. The molecule has 2 rings (SSSR count). The first-order chi connectivity index (χ1) is 7.18. The Kier molecular flexibility index (Phi) is 2.51. The van der Waals surface area contributed by atoms with Gasteiger partial charge in [0.05, 0.1) is 11.7 Å². The molecular formula is C9H12N4O2. The fraction of sp³-hybridized carbons (Fsp3) is 0.444. The maximum absolute atomic E-state index is 11.9. The number of rotatable bonds is 1. The molecule has 1 atom stereocenters. The molecular weight excluding hydrogens is 196 g/mol. The van der Waals surface area contributed by atoms with Crippen molar-refractivity contribution in [2.75, 3.05) is 18.8 Å². The third kappa shape index (κ3) is 1.89. The lowest BCUT2D eigenvalue weighted by Gasteiger charge is -2.15. The fourth-order valence-electron chi connectivity index (χ4n) is 1.60. The number of nitrogens with two attached hydrogens (primary N) is 1. The molecule has 3 N–H and O–H groups in total. The number of nitrogens with zero attached hydrogens (tertiary/aromatic N) is 3. The summed E-state index contributed by atoms with van der Waals surface area (Å²) in [5, 5.41) is 9.31. The van der Waals surface area contributed by atoms with Crippen molar-refractivity contribution in [2.45, 2.75) is 12.5 Å². The number of hydrogen-bond donors (Lipinski definition) is 2. The van der Waals surface area contributed by atoms with E-state index in [1.807, 2.05) is 0 Å². The van der Waals surface area contributed by atoms with E-state index in [4.69, 9.17) is 5.73 Å². The quantitative estimate of drug-likeness (QED) is 0.634. The molecule has 6 nitrogen and oxygen atoms in total. The molecule has 6 heteroatoms. The second-order valence-electron chi connectivity index (χ2n) is 3.52. The zero-order chi connectivity index (χ0) is 10.8. The van der Waals surface area contributed by atoms with Crippen LogP contribution in [0.5, 0.6) is 0 Å². The molecule has 0 radical (unpaired) electrons. The maximum atomic E-state index is 11.9. The number of nitrogen functional groups attached to an aromatic ring is 1. The molecule has 2 heterocycles. The molecule has 1 fully saturated rings. The second kappa shape index (κ2) is 3.82. The number of amides is 1. The lowest BCUT2D eigenvalue weighted by Crippen LogP contribution is -2.30. The van der Waals surface area contributed by atoms with Gasteiger partial charge in [-0.2, -0.15) is 0 Å². The monoisotopic (exact) mass is 208 g/mol. The van der Waals surface area contributed by atoms with Crippen LogP contribution >= 0.6 is 0 Å². The van der Waals surface area contributed by atoms with Crippen molar-refractivity contribution in [2.24, 2.45) is 0 Å². The Morgan fingerprint density at radius 3 is 3.07 bits per heavy atom. The first-order valence-electron chi connectivity index (χ1n) is 4.71. The Morgan fingerprint density at radius 2 is 2.47 bits per heavy atom. The van der Waals surface area contributed by atoms with Gasteiger partial charge in [-0.15, -0.1) is 0 Å². The van der Waals surface area contributed by atoms with Crippen molar-refractivity contribution in [3.63, 3.8) is 0 Å². The SMILES string of the molecule is Nc1ncncc1C(=O)N1CC[C@@H](O)C1. The van der Waals surface area contributed by atoms with Gasteiger partial charge in [0.15, 0.2) is 0 Å². The van der Waals surface area contributed by atoms with Gasteiger partial charge in [-0.3, -0.25) is 4.79 Å². The number of aliphatic hydroxyl groups excluding tert-OH is 1. The Hall–Kier alpha value is -1.69. The Balaban J connectivity index is 2.18. The van der Waals surface area contributed by atoms with Crippen LogP contribution in [0.25, 0.3) is 0 Å². The minimum absolute atomic E-state index is 0.177. The number of β-amino-alcohol motifs (C(OH)–C–C–N with tert-alkyl or cyclic N) is 1. The highest BCUT2D eigenvalue weighted by molar-refractivity contribution is 5.98. The summed E-state index contributed by atoms with van der Waals surface area (Å²) in [4.78, 5) is 20.9. The van der Waals surface area contributed by atoms with Crippen molar-refractivity contribution < 1.29 is 9.90 Å². The first kappa shape index (κ1) is 9.85. The zero-order valence-corrected chi connectivity index (χ0v) is 8.13. The number of carbonyl (C=O) groups is 1. The molecule has 1 aliphatic rings. The van der Waals surface area contributed by atoms with Crippen LogP contribution in [0.3, 0.4) is 0 Å². The van der Waals surface area contributed by atoms with Crippen LogP contribution in [0, 0.1) is 0 Å². The number of carbonyl (C=O) groups excluding carboxylic acids is 1. The van der Waals surface area contributed by atoms with Gasteiger partial charge in [0.25, 0.3) is 5.91 Å². The average molecular weight is 208 g/mol. The van der Waals surface area contributed by atoms with Gasteiger partial charge in [0.2, 0.25) is 0 Å². The third-order valence-corrected chi connectivity index (χ3v) is 2.42. The van der Waals surface area contributed by atoms with E-state index in [-0.39, 0.29) is 11.7 Å².